The van der Waals surface area contributed by atoms with Gasteiger partial charge in [-0.15, -0.1) is 6.07 Å². The summed E-state index contributed by atoms with van der Waals surface area (Å²) < 4.78 is 5.45. The topological polar surface area (TPSA) is 9.23 Å². The van der Waals surface area contributed by atoms with Crippen LogP contribution in [0.5, 0.6) is 5.75 Å². The molecule has 1 aromatic rings. The maximum atomic E-state index is 5.85. The van der Waals surface area contributed by atoms with Crippen molar-refractivity contribution in [3.05, 3.63) is 29.3 Å². The second kappa shape index (κ2) is 8.83. The SMILES string of the molecule is CC(C)COc1cc[c-]cc1Cl.[Br-].[Mg+2]. The summed E-state index contributed by atoms with van der Waals surface area (Å²) in [5.41, 5.74) is 0. The van der Waals surface area contributed by atoms with Crippen LogP contribution < -0.4 is 21.7 Å². The number of hydrogen-bond acceptors (Lipinski definition) is 1. The zero-order valence-electron chi connectivity index (χ0n) is 8.39. The zero-order chi connectivity index (χ0) is 8.97. The van der Waals surface area contributed by atoms with E-state index in [-0.39, 0.29) is 40.0 Å². The molecule has 0 atom stereocenters. The minimum Gasteiger partial charge on any atom is -1.00 e. The fourth-order valence-corrected chi connectivity index (χ4v) is 0.950. The predicted octanol–water partition coefficient (Wildman–Crippen LogP) is -0.202. The molecule has 0 aromatic heterocycles. The van der Waals surface area contributed by atoms with Gasteiger partial charge < -0.3 is 21.7 Å². The van der Waals surface area contributed by atoms with Gasteiger partial charge in [0.1, 0.15) is 0 Å². The molecular formula is C10H12BrClMgO. The fourth-order valence-electron chi connectivity index (χ4n) is 0.769. The van der Waals surface area contributed by atoms with E-state index in [1.165, 1.54) is 0 Å². The molecule has 0 saturated heterocycles. The Balaban J connectivity index is 0. The molecule has 0 saturated carbocycles. The minimum atomic E-state index is 0. The van der Waals surface area contributed by atoms with Crippen molar-refractivity contribution in [2.24, 2.45) is 5.92 Å². The van der Waals surface area contributed by atoms with Crippen molar-refractivity contribution in [2.45, 2.75) is 13.8 Å². The number of hydrogen-bond donors (Lipinski definition) is 0. The second-order valence-corrected chi connectivity index (χ2v) is 3.47. The van der Waals surface area contributed by atoms with Crippen LogP contribution in [-0.2, 0) is 0 Å². The van der Waals surface area contributed by atoms with Gasteiger partial charge in [0.2, 0.25) is 0 Å². The van der Waals surface area contributed by atoms with E-state index in [0.717, 1.165) is 5.75 Å². The van der Waals surface area contributed by atoms with Crippen molar-refractivity contribution in [2.75, 3.05) is 6.61 Å². The van der Waals surface area contributed by atoms with Gasteiger partial charge in [-0.25, -0.2) is 0 Å². The van der Waals surface area contributed by atoms with Crippen molar-refractivity contribution in [1.29, 1.82) is 0 Å². The first-order valence-corrected chi connectivity index (χ1v) is 4.36. The van der Waals surface area contributed by atoms with E-state index < -0.39 is 0 Å². The Kier molecular flexibility index (Phi) is 10.7. The maximum Gasteiger partial charge on any atom is 2.00 e. The summed E-state index contributed by atoms with van der Waals surface area (Å²) in [5.74, 6) is 1.26. The zero-order valence-corrected chi connectivity index (χ0v) is 12.1. The number of rotatable bonds is 3. The van der Waals surface area contributed by atoms with E-state index in [2.05, 4.69) is 19.9 Å². The first kappa shape index (κ1) is 17.0. The summed E-state index contributed by atoms with van der Waals surface area (Å²) in [5, 5.41) is 0.623. The first-order valence-electron chi connectivity index (χ1n) is 3.98. The molecule has 0 N–H and O–H groups in total. The molecule has 4 heteroatoms. The summed E-state index contributed by atoms with van der Waals surface area (Å²) >= 11 is 5.85. The van der Waals surface area contributed by atoms with Gasteiger partial charge in [-0.3, -0.25) is 0 Å². The number of halogens is 2. The Morgan fingerprint density at radius 2 is 2.14 bits per heavy atom. The third-order valence-electron chi connectivity index (χ3n) is 1.35. The molecule has 1 rings (SSSR count). The molecule has 0 aliphatic rings. The molecule has 0 bridgehead atoms. The van der Waals surface area contributed by atoms with Gasteiger partial charge in [-0.2, -0.15) is 29.8 Å². The van der Waals surface area contributed by atoms with Gasteiger partial charge in [-0.1, -0.05) is 13.8 Å². The number of ether oxygens (including phenoxy) is 1. The summed E-state index contributed by atoms with van der Waals surface area (Å²) in [6, 6.07) is 8.20. The van der Waals surface area contributed by atoms with E-state index >= 15 is 0 Å². The van der Waals surface area contributed by atoms with Crippen molar-refractivity contribution >= 4 is 34.7 Å². The molecule has 0 fully saturated rings. The van der Waals surface area contributed by atoms with Gasteiger partial charge >= 0.3 is 23.1 Å². The average molecular weight is 288 g/mol. The van der Waals surface area contributed by atoms with E-state index in [1.807, 2.05) is 6.07 Å². The Labute approximate surface area is 117 Å². The van der Waals surface area contributed by atoms with Crippen molar-refractivity contribution in [3.63, 3.8) is 0 Å². The van der Waals surface area contributed by atoms with Crippen LogP contribution in [0.1, 0.15) is 13.8 Å². The molecule has 0 aliphatic carbocycles. The quantitative estimate of drug-likeness (QED) is 0.553. The van der Waals surface area contributed by atoms with E-state index in [1.54, 1.807) is 12.1 Å². The summed E-state index contributed by atoms with van der Waals surface area (Å²) in [7, 11) is 0. The van der Waals surface area contributed by atoms with Crippen LogP contribution in [-0.4, -0.2) is 29.7 Å². The van der Waals surface area contributed by atoms with Crippen LogP contribution in [0.4, 0.5) is 0 Å². The van der Waals surface area contributed by atoms with Crippen molar-refractivity contribution in [3.8, 4) is 5.75 Å². The van der Waals surface area contributed by atoms with Crippen molar-refractivity contribution < 1.29 is 21.7 Å². The van der Waals surface area contributed by atoms with Crippen LogP contribution in [0.25, 0.3) is 0 Å². The molecule has 1 nitrogen and oxygen atoms in total. The van der Waals surface area contributed by atoms with Gasteiger partial charge in [0, 0.05) is 5.75 Å². The Morgan fingerprint density at radius 1 is 1.50 bits per heavy atom. The van der Waals surface area contributed by atoms with Crippen LogP contribution in [0.15, 0.2) is 18.2 Å². The average Bonchev–Trinajstić information content (AvgIpc) is 2.03. The maximum absolute atomic E-state index is 5.85. The van der Waals surface area contributed by atoms with E-state index in [9.17, 15) is 0 Å². The molecule has 14 heavy (non-hydrogen) atoms. The third-order valence-corrected chi connectivity index (χ3v) is 1.64. The van der Waals surface area contributed by atoms with Crippen LogP contribution in [0.2, 0.25) is 5.02 Å². The molecule has 74 valence electrons. The van der Waals surface area contributed by atoms with E-state index in [4.69, 9.17) is 16.3 Å². The summed E-state index contributed by atoms with van der Waals surface area (Å²) in [4.78, 5) is 0. The molecule has 0 heterocycles. The Morgan fingerprint density at radius 3 is 2.64 bits per heavy atom. The Hall–Kier alpha value is 0.556. The molecule has 0 aliphatic heterocycles. The van der Waals surface area contributed by atoms with E-state index in [0.29, 0.717) is 17.5 Å². The standard InChI is InChI=1S/C10H12ClO.BrH.Mg/c1-8(2)7-12-10-6-4-3-5-9(10)11;;/h4-6,8H,7H2,1-2H3;1H;/q-1;;+2/p-1. The summed E-state index contributed by atoms with van der Waals surface area (Å²) in [6.45, 7) is 4.90. The predicted molar refractivity (Wildman–Crippen MR) is 56.4 cm³/mol. The Bertz CT molecular complexity index is 256. The van der Waals surface area contributed by atoms with Crippen LogP contribution in [0.3, 0.4) is 0 Å². The monoisotopic (exact) mass is 286 g/mol. The molecule has 0 unspecified atom stereocenters. The first-order chi connectivity index (χ1) is 5.70. The minimum absolute atomic E-state index is 0. The molecule has 0 radical (unpaired) electrons. The smallest absolute Gasteiger partial charge is 1.00 e. The number of benzene rings is 1. The van der Waals surface area contributed by atoms with Gasteiger partial charge in [0.05, 0.1) is 6.61 Å². The van der Waals surface area contributed by atoms with Gasteiger partial charge in [-0.05, 0) is 10.9 Å². The van der Waals surface area contributed by atoms with Gasteiger partial charge in [0.25, 0.3) is 0 Å². The normalized spacial score (nSPS) is 8.86. The molecule has 0 amide bonds. The fraction of sp³-hybridized carbons (Fsp3) is 0.400. The second-order valence-electron chi connectivity index (χ2n) is 3.06. The molecule has 1 aromatic carbocycles. The van der Waals surface area contributed by atoms with Crippen LogP contribution in [0, 0.1) is 12.0 Å². The van der Waals surface area contributed by atoms with Crippen molar-refractivity contribution in [1.82, 2.24) is 0 Å². The molecular weight excluding hydrogens is 276 g/mol. The van der Waals surface area contributed by atoms with Crippen LogP contribution >= 0.6 is 11.6 Å². The molecule has 0 spiro atoms. The van der Waals surface area contributed by atoms with Gasteiger partial charge in [0.15, 0.2) is 0 Å². The third kappa shape index (κ3) is 6.12. The summed E-state index contributed by atoms with van der Waals surface area (Å²) in [6.07, 6.45) is 0. The largest absolute Gasteiger partial charge is 2.00 e.